The van der Waals surface area contributed by atoms with E-state index in [1.807, 2.05) is 4.90 Å². The molecule has 0 radical (unpaired) electrons. The lowest BCUT2D eigenvalue weighted by molar-refractivity contribution is 0.0942. The number of urea groups is 1. The third kappa shape index (κ3) is 4.03. The summed E-state index contributed by atoms with van der Waals surface area (Å²) in [6, 6.07) is 5.42. The van der Waals surface area contributed by atoms with Crippen molar-refractivity contribution in [3.8, 4) is 5.75 Å². The van der Waals surface area contributed by atoms with Gasteiger partial charge in [-0.3, -0.25) is 14.2 Å². The summed E-state index contributed by atoms with van der Waals surface area (Å²) in [6.07, 6.45) is 1.29. The molecule has 1 aromatic carbocycles. The Morgan fingerprint density at radius 1 is 1.26 bits per heavy atom. The molecule has 2 aromatic rings. The Bertz CT molecular complexity index is 1080. The normalized spacial score (nSPS) is 17.4. The van der Waals surface area contributed by atoms with Gasteiger partial charge in [0.15, 0.2) is 5.69 Å². The molecule has 0 aliphatic carbocycles. The number of aromatic hydroxyl groups is 1. The monoisotopic (exact) mass is 430 g/mol. The van der Waals surface area contributed by atoms with Gasteiger partial charge in [-0.15, -0.1) is 0 Å². The minimum absolute atomic E-state index is 0.0870. The van der Waals surface area contributed by atoms with Crippen LogP contribution in [0.15, 0.2) is 29.1 Å². The second-order valence-electron chi connectivity index (χ2n) is 7.86. The molecule has 0 unspecified atom stereocenters. The molecular weight excluding hydrogens is 407 g/mol. The van der Waals surface area contributed by atoms with E-state index < -0.39 is 17.2 Å². The highest BCUT2D eigenvalue weighted by atomic mass is 19.1. The summed E-state index contributed by atoms with van der Waals surface area (Å²) in [5, 5.41) is 18.5. The number of piperidine rings is 1. The molecule has 10 nitrogen and oxygen atoms in total. The molecule has 2 fully saturated rings. The quantitative estimate of drug-likeness (QED) is 0.549. The summed E-state index contributed by atoms with van der Waals surface area (Å²) >= 11 is 0. The van der Waals surface area contributed by atoms with Crippen LogP contribution in [0.4, 0.5) is 15.1 Å². The van der Waals surface area contributed by atoms with Crippen LogP contribution in [-0.2, 0) is 13.6 Å². The number of carbonyl (C=O) groups is 2. The highest BCUT2D eigenvalue weighted by molar-refractivity contribution is 5.95. The fraction of sp³-hybridized carbons (Fsp3) is 0.400. The summed E-state index contributed by atoms with van der Waals surface area (Å²) < 4.78 is 14.2. The average Bonchev–Trinajstić information content (AvgIpc) is 3.12. The molecule has 1 spiro atoms. The van der Waals surface area contributed by atoms with Crippen LogP contribution in [0.2, 0.25) is 0 Å². The molecule has 2 aliphatic heterocycles. The number of hydrogen-bond donors (Lipinski definition) is 4. The van der Waals surface area contributed by atoms with Gasteiger partial charge in [0.05, 0.1) is 5.54 Å². The Morgan fingerprint density at radius 2 is 1.94 bits per heavy atom. The number of amides is 3. The molecule has 0 saturated carbocycles. The Kier molecular flexibility index (Phi) is 5.25. The number of benzene rings is 1. The fourth-order valence-electron chi connectivity index (χ4n) is 3.90. The number of aromatic nitrogens is 2. The van der Waals surface area contributed by atoms with E-state index in [9.17, 15) is 23.9 Å². The van der Waals surface area contributed by atoms with E-state index in [1.54, 1.807) is 0 Å². The maximum Gasteiger partial charge on any atom is 0.315 e. The van der Waals surface area contributed by atoms with E-state index in [1.165, 1.54) is 35.9 Å². The van der Waals surface area contributed by atoms with Crippen LogP contribution in [0.3, 0.4) is 0 Å². The Morgan fingerprint density at radius 3 is 2.55 bits per heavy atom. The third-order valence-electron chi connectivity index (χ3n) is 5.79. The first-order chi connectivity index (χ1) is 14.8. The number of nitrogens with zero attached hydrogens (tertiary/aromatic N) is 3. The van der Waals surface area contributed by atoms with Gasteiger partial charge >= 0.3 is 6.03 Å². The molecule has 0 bridgehead atoms. The minimum Gasteiger partial charge on any atom is -0.501 e. The maximum absolute atomic E-state index is 13.0. The molecule has 2 saturated heterocycles. The van der Waals surface area contributed by atoms with Crippen molar-refractivity contribution in [1.82, 2.24) is 25.5 Å². The highest BCUT2D eigenvalue weighted by Gasteiger charge is 2.41. The Balaban J connectivity index is 1.52. The van der Waals surface area contributed by atoms with Crippen LogP contribution < -0.4 is 26.4 Å². The second kappa shape index (κ2) is 7.89. The van der Waals surface area contributed by atoms with Crippen molar-refractivity contribution < 1.29 is 19.1 Å². The topological polar surface area (TPSA) is 129 Å². The van der Waals surface area contributed by atoms with Crippen LogP contribution >= 0.6 is 0 Å². The fourth-order valence-corrected chi connectivity index (χ4v) is 3.90. The van der Waals surface area contributed by atoms with Crippen molar-refractivity contribution in [2.24, 2.45) is 7.05 Å². The molecule has 4 rings (SSSR count). The van der Waals surface area contributed by atoms with Crippen LogP contribution in [0, 0.1) is 5.82 Å². The standard InChI is InChI=1S/C20H23FN6O4/c1-26-17(30)15(28)14(16(29)22-10-12-2-4-13(21)5-3-12)24-19(26)27-8-6-20(7-9-27)11-23-18(31)25-20/h2-5,28H,6-11H2,1H3,(H,22,29)(H2,23,25,31). The Labute approximate surface area is 177 Å². The predicted octanol–water partition coefficient (Wildman–Crippen LogP) is 0.207. The molecule has 2 aliphatic rings. The van der Waals surface area contributed by atoms with Gasteiger partial charge in [0.2, 0.25) is 11.7 Å². The number of rotatable bonds is 4. The van der Waals surface area contributed by atoms with Crippen molar-refractivity contribution in [1.29, 1.82) is 0 Å². The summed E-state index contributed by atoms with van der Waals surface area (Å²) in [4.78, 5) is 42.8. The zero-order valence-electron chi connectivity index (χ0n) is 16.9. The summed E-state index contributed by atoms with van der Waals surface area (Å²) in [6.45, 7) is 1.66. The molecular formula is C20H23FN6O4. The first-order valence-corrected chi connectivity index (χ1v) is 9.92. The van der Waals surface area contributed by atoms with Gasteiger partial charge in [-0.25, -0.2) is 14.2 Å². The zero-order chi connectivity index (χ0) is 22.2. The van der Waals surface area contributed by atoms with Crippen LogP contribution in [0.5, 0.6) is 5.75 Å². The molecule has 3 amide bonds. The first-order valence-electron chi connectivity index (χ1n) is 9.92. The summed E-state index contributed by atoms with van der Waals surface area (Å²) in [7, 11) is 1.48. The molecule has 1 aromatic heterocycles. The van der Waals surface area contributed by atoms with E-state index in [0.717, 1.165) is 0 Å². The SMILES string of the molecule is Cn1c(N2CCC3(CC2)CNC(=O)N3)nc(C(=O)NCc2ccc(F)cc2)c(O)c1=O. The van der Waals surface area contributed by atoms with E-state index >= 15 is 0 Å². The van der Waals surface area contributed by atoms with E-state index in [-0.39, 0.29) is 35.6 Å². The third-order valence-corrected chi connectivity index (χ3v) is 5.79. The molecule has 31 heavy (non-hydrogen) atoms. The van der Waals surface area contributed by atoms with Gasteiger partial charge in [0, 0.05) is 33.2 Å². The number of nitrogens with one attached hydrogen (secondary N) is 3. The van der Waals surface area contributed by atoms with Crippen LogP contribution in [-0.4, -0.2) is 51.8 Å². The molecule has 4 N–H and O–H groups in total. The van der Waals surface area contributed by atoms with E-state index in [2.05, 4.69) is 20.9 Å². The lowest BCUT2D eigenvalue weighted by Gasteiger charge is -2.39. The van der Waals surface area contributed by atoms with Crippen molar-refractivity contribution in [2.75, 3.05) is 24.5 Å². The maximum atomic E-state index is 13.0. The van der Waals surface area contributed by atoms with Gasteiger partial charge < -0.3 is 26.0 Å². The van der Waals surface area contributed by atoms with Gasteiger partial charge in [-0.1, -0.05) is 12.1 Å². The van der Waals surface area contributed by atoms with E-state index in [0.29, 0.717) is 38.0 Å². The number of halogens is 1. The predicted molar refractivity (Wildman–Crippen MR) is 109 cm³/mol. The van der Waals surface area contributed by atoms with Crippen LogP contribution in [0.25, 0.3) is 0 Å². The minimum atomic E-state index is -0.733. The number of hydrogen-bond acceptors (Lipinski definition) is 6. The molecule has 3 heterocycles. The number of anilines is 1. The first kappa shape index (κ1) is 20.6. The number of carbonyl (C=O) groups excluding carboxylic acids is 2. The lowest BCUT2D eigenvalue weighted by Crippen LogP contribution is -2.53. The largest absolute Gasteiger partial charge is 0.501 e. The van der Waals surface area contributed by atoms with Gasteiger partial charge in [0.1, 0.15) is 5.82 Å². The molecule has 11 heteroatoms. The Hall–Kier alpha value is -3.63. The van der Waals surface area contributed by atoms with E-state index in [4.69, 9.17) is 0 Å². The van der Waals surface area contributed by atoms with Gasteiger partial charge in [-0.05, 0) is 30.5 Å². The zero-order valence-corrected chi connectivity index (χ0v) is 16.9. The van der Waals surface area contributed by atoms with Gasteiger partial charge in [0.25, 0.3) is 11.5 Å². The van der Waals surface area contributed by atoms with Crippen LogP contribution in [0.1, 0.15) is 28.9 Å². The van der Waals surface area contributed by atoms with Gasteiger partial charge in [-0.2, -0.15) is 0 Å². The average molecular weight is 430 g/mol. The smallest absolute Gasteiger partial charge is 0.315 e. The molecule has 164 valence electrons. The van der Waals surface area contributed by atoms with Crippen molar-refractivity contribution in [2.45, 2.75) is 24.9 Å². The summed E-state index contributed by atoms with van der Waals surface area (Å²) in [5.41, 5.74) is -0.755. The lowest BCUT2D eigenvalue weighted by atomic mass is 9.89. The highest BCUT2D eigenvalue weighted by Crippen LogP contribution is 2.27. The van der Waals surface area contributed by atoms with Crippen molar-refractivity contribution in [3.05, 3.63) is 51.7 Å². The molecule has 0 atom stereocenters. The summed E-state index contributed by atoms with van der Waals surface area (Å²) in [5.74, 6) is -1.56. The second-order valence-corrected chi connectivity index (χ2v) is 7.86. The van der Waals surface area contributed by atoms with Crippen molar-refractivity contribution >= 4 is 17.9 Å². The van der Waals surface area contributed by atoms with Crippen molar-refractivity contribution in [3.63, 3.8) is 0 Å².